The molecule has 0 aliphatic heterocycles. The minimum Gasteiger partial charge on any atom is -0.339 e. The zero-order valence-corrected chi connectivity index (χ0v) is 12.0. The first-order valence-corrected chi connectivity index (χ1v) is 8.05. The molecule has 0 atom stereocenters. The normalized spacial score (nSPS) is 19.0. The van der Waals surface area contributed by atoms with Gasteiger partial charge in [0.25, 0.3) is 0 Å². The number of aromatic nitrogens is 2. The number of hydrogen-bond acceptors (Lipinski definition) is 5. The van der Waals surface area contributed by atoms with Crippen molar-refractivity contribution < 1.29 is 4.52 Å². The van der Waals surface area contributed by atoms with Gasteiger partial charge in [0.05, 0.1) is 5.75 Å². The van der Waals surface area contributed by atoms with E-state index < -0.39 is 0 Å². The van der Waals surface area contributed by atoms with Crippen LogP contribution in [0.2, 0.25) is 0 Å². The van der Waals surface area contributed by atoms with Gasteiger partial charge in [0.2, 0.25) is 5.89 Å². The number of thioether (sulfide) groups is 1. The highest BCUT2D eigenvalue weighted by atomic mass is 32.2. The maximum Gasteiger partial charge on any atom is 0.228 e. The molecule has 1 saturated carbocycles. The van der Waals surface area contributed by atoms with Crippen molar-refractivity contribution in [3.05, 3.63) is 11.7 Å². The van der Waals surface area contributed by atoms with Gasteiger partial charge >= 0.3 is 0 Å². The summed E-state index contributed by atoms with van der Waals surface area (Å²) in [6.07, 6.45) is 7.83. The highest BCUT2D eigenvalue weighted by molar-refractivity contribution is 7.98. The van der Waals surface area contributed by atoms with E-state index in [1.54, 1.807) is 0 Å². The predicted molar refractivity (Wildman–Crippen MR) is 74.5 cm³/mol. The molecule has 1 heterocycles. The van der Waals surface area contributed by atoms with Crippen LogP contribution in [0.25, 0.3) is 0 Å². The molecule has 0 amide bonds. The van der Waals surface area contributed by atoms with Crippen molar-refractivity contribution in [1.82, 2.24) is 10.1 Å². The molecule has 1 aliphatic carbocycles. The molecule has 0 saturated heterocycles. The van der Waals surface area contributed by atoms with Crippen molar-refractivity contribution in [2.24, 2.45) is 5.73 Å². The third-order valence-electron chi connectivity index (χ3n) is 3.44. The monoisotopic (exact) mass is 269 g/mol. The molecule has 0 bridgehead atoms. The Balaban J connectivity index is 1.85. The fourth-order valence-corrected chi connectivity index (χ4v) is 3.20. The van der Waals surface area contributed by atoms with Crippen LogP contribution in [0, 0.1) is 0 Å². The molecule has 0 unspecified atom stereocenters. The third kappa shape index (κ3) is 3.99. The molecule has 2 N–H and O–H groups in total. The summed E-state index contributed by atoms with van der Waals surface area (Å²) in [6, 6.07) is 0. The van der Waals surface area contributed by atoms with Gasteiger partial charge in [0.15, 0.2) is 5.82 Å². The molecule has 1 aromatic rings. The molecule has 2 rings (SSSR count). The van der Waals surface area contributed by atoms with Crippen molar-refractivity contribution in [2.75, 3.05) is 5.75 Å². The van der Waals surface area contributed by atoms with Crippen molar-refractivity contribution in [3.8, 4) is 0 Å². The van der Waals surface area contributed by atoms with E-state index in [1.165, 1.54) is 25.7 Å². The Bertz CT molecular complexity index is 361. The molecule has 4 nitrogen and oxygen atoms in total. The fourth-order valence-electron chi connectivity index (χ4n) is 2.46. The van der Waals surface area contributed by atoms with E-state index in [0.29, 0.717) is 5.89 Å². The van der Waals surface area contributed by atoms with Gasteiger partial charge in [-0.3, -0.25) is 0 Å². The fraction of sp³-hybridized carbons (Fsp3) is 0.846. The van der Waals surface area contributed by atoms with Gasteiger partial charge in [-0.15, -0.1) is 0 Å². The standard InChI is InChI=1S/C13H23N3OS/c1-2-8-18-10-11-15-12(17-16-11)9-13(14)6-4-3-5-7-13/h2-10,14H2,1H3. The molecule has 102 valence electrons. The van der Waals surface area contributed by atoms with Crippen LogP contribution in [0.15, 0.2) is 4.52 Å². The summed E-state index contributed by atoms with van der Waals surface area (Å²) in [6.45, 7) is 2.18. The van der Waals surface area contributed by atoms with E-state index >= 15 is 0 Å². The molecule has 1 aromatic heterocycles. The lowest BCUT2D eigenvalue weighted by molar-refractivity contribution is 0.260. The maximum absolute atomic E-state index is 6.39. The van der Waals surface area contributed by atoms with Crippen LogP contribution in [0.5, 0.6) is 0 Å². The van der Waals surface area contributed by atoms with Gasteiger partial charge in [-0.1, -0.05) is 31.3 Å². The van der Waals surface area contributed by atoms with E-state index in [0.717, 1.165) is 36.6 Å². The zero-order chi connectivity index (χ0) is 12.8. The highest BCUT2D eigenvalue weighted by Gasteiger charge is 2.29. The smallest absolute Gasteiger partial charge is 0.228 e. The molecule has 18 heavy (non-hydrogen) atoms. The van der Waals surface area contributed by atoms with Gasteiger partial charge < -0.3 is 10.3 Å². The van der Waals surface area contributed by atoms with Crippen LogP contribution in [-0.4, -0.2) is 21.4 Å². The first-order valence-electron chi connectivity index (χ1n) is 6.90. The van der Waals surface area contributed by atoms with Crippen molar-refractivity contribution in [3.63, 3.8) is 0 Å². The molecule has 0 aromatic carbocycles. The summed E-state index contributed by atoms with van der Waals surface area (Å²) in [5.41, 5.74) is 6.28. The molecular weight excluding hydrogens is 246 g/mol. The topological polar surface area (TPSA) is 64.9 Å². The van der Waals surface area contributed by atoms with Crippen molar-refractivity contribution >= 4 is 11.8 Å². The Labute approximate surface area is 113 Å². The summed E-state index contributed by atoms with van der Waals surface area (Å²) in [5, 5.41) is 4.02. The first kappa shape index (κ1) is 13.9. The van der Waals surface area contributed by atoms with Crippen LogP contribution in [0.1, 0.15) is 57.2 Å². The summed E-state index contributed by atoms with van der Waals surface area (Å²) >= 11 is 1.85. The number of nitrogens with zero attached hydrogens (tertiary/aromatic N) is 2. The van der Waals surface area contributed by atoms with Crippen molar-refractivity contribution in [2.45, 2.75) is 63.2 Å². The molecule has 0 radical (unpaired) electrons. The van der Waals surface area contributed by atoms with Gasteiger partial charge in [0.1, 0.15) is 0 Å². The Kier molecular flexibility index (Phi) is 5.06. The van der Waals surface area contributed by atoms with Gasteiger partial charge in [-0.2, -0.15) is 16.7 Å². The second kappa shape index (κ2) is 6.57. The van der Waals surface area contributed by atoms with Crippen LogP contribution < -0.4 is 5.73 Å². The first-order chi connectivity index (χ1) is 8.72. The Morgan fingerprint density at radius 3 is 2.83 bits per heavy atom. The minimum absolute atomic E-state index is 0.112. The summed E-state index contributed by atoms with van der Waals surface area (Å²) in [4.78, 5) is 4.44. The van der Waals surface area contributed by atoms with E-state index in [-0.39, 0.29) is 5.54 Å². The van der Waals surface area contributed by atoms with E-state index in [1.807, 2.05) is 11.8 Å². The van der Waals surface area contributed by atoms with Crippen LogP contribution in [-0.2, 0) is 12.2 Å². The Morgan fingerprint density at radius 1 is 1.33 bits per heavy atom. The largest absolute Gasteiger partial charge is 0.339 e. The summed E-state index contributed by atoms with van der Waals surface area (Å²) < 4.78 is 5.31. The zero-order valence-electron chi connectivity index (χ0n) is 11.2. The lowest BCUT2D eigenvalue weighted by Crippen LogP contribution is -2.43. The lowest BCUT2D eigenvalue weighted by atomic mass is 9.80. The SMILES string of the molecule is CCCSCc1noc(CC2(N)CCCCC2)n1. The average molecular weight is 269 g/mol. The second-order valence-corrected chi connectivity index (χ2v) is 6.36. The maximum atomic E-state index is 6.39. The van der Waals surface area contributed by atoms with Gasteiger partial charge in [-0.25, -0.2) is 0 Å². The number of rotatable bonds is 6. The second-order valence-electron chi connectivity index (χ2n) is 5.26. The number of hydrogen-bond donors (Lipinski definition) is 1. The van der Waals surface area contributed by atoms with E-state index in [4.69, 9.17) is 10.3 Å². The van der Waals surface area contributed by atoms with E-state index in [9.17, 15) is 0 Å². The Hall–Kier alpha value is -0.550. The van der Waals surface area contributed by atoms with Gasteiger partial charge in [-0.05, 0) is 25.0 Å². The minimum atomic E-state index is -0.112. The molecule has 1 fully saturated rings. The predicted octanol–water partition coefficient (Wildman–Crippen LogP) is 2.92. The van der Waals surface area contributed by atoms with Crippen LogP contribution >= 0.6 is 11.8 Å². The van der Waals surface area contributed by atoms with Crippen molar-refractivity contribution in [1.29, 1.82) is 0 Å². The molecule has 0 spiro atoms. The molecule has 5 heteroatoms. The van der Waals surface area contributed by atoms with Crippen LogP contribution in [0.3, 0.4) is 0 Å². The Morgan fingerprint density at radius 2 is 2.11 bits per heavy atom. The summed E-state index contributed by atoms with van der Waals surface area (Å²) in [7, 11) is 0. The number of nitrogens with two attached hydrogens (primary N) is 1. The quantitative estimate of drug-likeness (QED) is 0.804. The highest BCUT2D eigenvalue weighted by Crippen LogP contribution is 2.28. The third-order valence-corrected chi connectivity index (χ3v) is 4.60. The van der Waals surface area contributed by atoms with Crippen LogP contribution in [0.4, 0.5) is 0 Å². The molecule has 1 aliphatic rings. The van der Waals surface area contributed by atoms with Gasteiger partial charge in [0, 0.05) is 12.0 Å². The summed E-state index contributed by atoms with van der Waals surface area (Å²) in [5.74, 6) is 3.51. The van der Waals surface area contributed by atoms with E-state index in [2.05, 4.69) is 17.1 Å². The molecular formula is C13H23N3OS. The lowest BCUT2D eigenvalue weighted by Gasteiger charge is -2.31. The average Bonchev–Trinajstić information content (AvgIpc) is 2.77.